The van der Waals surface area contributed by atoms with Crippen molar-refractivity contribution in [1.29, 1.82) is 0 Å². The van der Waals surface area contributed by atoms with Gasteiger partial charge in [-0.05, 0) is 24.6 Å². The molecular formula is C13H15F2NO2S. The Bertz CT molecular complexity index is 470. The van der Waals surface area contributed by atoms with Gasteiger partial charge in [0.2, 0.25) is 5.91 Å². The first kappa shape index (κ1) is 14.3. The summed E-state index contributed by atoms with van der Waals surface area (Å²) in [4.78, 5) is 14.1. The van der Waals surface area contributed by atoms with Crippen molar-refractivity contribution in [3.63, 3.8) is 0 Å². The number of aliphatic hydroxyl groups is 1. The van der Waals surface area contributed by atoms with Gasteiger partial charge >= 0.3 is 0 Å². The first-order chi connectivity index (χ1) is 9.10. The van der Waals surface area contributed by atoms with Gasteiger partial charge in [-0.1, -0.05) is 0 Å². The van der Waals surface area contributed by atoms with Crippen molar-refractivity contribution < 1.29 is 18.7 Å². The molecule has 0 saturated carbocycles. The van der Waals surface area contributed by atoms with Gasteiger partial charge < -0.3 is 10.0 Å². The number of thioether (sulfide) groups is 1. The molecule has 1 aliphatic rings. The van der Waals surface area contributed by atoms with Crippen LogP contribution in [0.15, 0.2) is 23.1 Å². The van der Waals surface area contributed by atoms with E-state index in [1.165, 1.54) is 17.8 Å². The van der Waals surface area contributed by atoms with E-state index in [0.717, 1.165) is 18.6 Å². The third-order valence-electron chi connectivity index (χ3n) is 3.15. The predicted octanol–water partition coefficient (Wildman–Crippen LogP) is 1.90. The van der Waals surface area contributed by atoms with Crippen molar-refractivity contribution >= 4 is 17.7 Å². The summed E-state index contributed by atoms with van der Waals surface area (Å²) in [6.07, 6.45) is 0.818. The van der Waals surface area contributed by atoms with Gasteiger partial charge in [0.15, 0.2) is 11.6 Å². The average molecular weight is 287 g/mol. The van der Waals surface area contributed by atoms with Crippen LogP contribution in [0.1, 0.15) is 6.42 Å². The van der Waals surface area contributed by atoms with Crippen LogP contribution in [-0.4, -0.2) is 41.4 Å². The zero-order valence-electron chi connectivity index (χ0n) is 10.3. The monoisotopic (exact) mass is 287 g/mol. The van der Waals surface area contributed by atoms with Gasteiger partial charge in [0.25, 0.3) is 0 Å². The van der Waals surface area contributed by atoms with Gasteiger partial charge in [-0.2, -0.15) is 0 Å². The minimum atomic E-state index is -0.904. The summed E-state index contributed by atoms with van der Waals surface area (Å²) in [7, 11) is 0. The number of carbonyl (C=O) groups excluding carboxylic acids is 1. The maximum Gasteiger partial charge on any atom is 0.232 e. The van der Waals surface area contributed by atoms with E-state index in [2.05, 4.69) is 0 Å². The number of nitrogens with zero attached hydrogens (tertiary/aromatic N) is 1. The van der Waals surface area contributed by atoms with Crippen LogP contribution in [-0.2, 0) is 4.79 Å². The number of benzene rings is 1. The molecule has 1 atom stereocenters. The molecule has 19 heavy (non-hydrogen) atoms. The third kappa shape index (κ3) is 3.67. The molecule has 0 spiro atoms. The van der Waals surface area contributed by atoms with E-state index >= 15 is 0 Å². The summed E-state index contributed by atoms with van der Waals surface area (Å²) in [6.45, 7) is 1.33. The van der Waals surface area contributed by atoms with E-state index < -0.39 is 11.6 Å². The fourth-order valence-electron chi connectivity index (χ4n) is 2.01. The van der Waals surface area contributed by atoms with Crippen molar-refractivity contribution in [3.05, 3.63) is 29.8 Å². The number of likely N-dealkylation sites (tertiary alicyclic amines) is 1. The summed E-state index contributed by atoms with van der Waals surface area (Å²) >= 11 is 1.19. The third-order valence-corrected chi connectivity index (χ3v) is 4.13. The molecular weight excluding hydrogens is 272 g/mol. The van der Waals surface area contributed by atoms with E-state index in [0.29, 0.717) is 18.0 Å². The van der Waals surface area contributed by atoms with Crippen LogP contribution in [0.2, 0.25) is 0 Å². The van der Waals surface area contributed by atoms with E-state index in [9.17, 15) is 13.6 Å². The predicted molar refractivity (Wildman–Crippen MR) is 68.9 cm³/mol. The fourth-order valence-corrected chi connectivity index (χ4v) is 2.83. The Hall–Kier alpha value is -1.14. The summed E-state index contributed by atoms with van der Waals surface area (Å²) < 4.78 is 25.7. The summed E-state index contributed by atoms with van der Waals surface area (Å²) in [6, 6.07) is 3.60. The first-order valence-electron chi connectivity index (χ1n) is 6.06. The molecule has 104 valence electrons. The second kappa shape index (κ2) is 6.34. The second-order valence-corrected chi connectivity index (χ2v) is 5.59. The highest BCUT2D eigenvalue weighted by molar-refractivity contribution is 8.00. The largest absolute Gasteiger partial charge is 0.396 e. The van der Waals surface area contributed by atoms with E-state index in [-0.39, 0.29) is 24.2 Å². The molecule has 1 aromatic rings. The first-order valence-corrected chi connectivity index (χ1v) is 7.05. The molecule has 3 nitrogen and oxygen atoms in total. The number of hydrogen-bond donors (Lipinski definition) is 1. The smallest absolute Gasteiger partial charge is 0.232 e. The zero-order chi connectivity index (χ0) is 13.8. The van der Waals surface area contributed by atoms with Crippen molar-refractivity contribution in [3.8, 4) is 0 Å². The second-order valence-electron chi connectivity index (χ2n) is 4.54. The Kier molecular flexibility index (Phi) is 4.76. The molecule has 0 bridgehead atoms. The molecule has 1 unspecified atom stereocenters. The van der Waals surface area contributed by atoms with Crippen LogP contribution in [0, 0.1) is 17.6 Å². The summed E-state index contributed by atoms with van der Waals surface area (Å²) in [5.41, 5.74) is 0. The zero-order valence-corrected chi connectivity index (χ0v) is 11.1. The molecule has 6 heteroatoms. The van der Waals surface area contributed by atoms with Gasteiger partial charge in [-0.3, -0.25) is 4.79 Å². The topological polar surface area (TPSA) is 40.5 Å². The van der Waals surface area contributed by atoms with Crippen molar-refractivity contribution in [1.82, 2.24) is 4.90 Å². The Morgan fingerprint density at radius 2 is 2.21 bits per heavy atom. The van der Waals surface area contributed by atoms with Crippen LogP contribution >= 0.6 is 11.8 Å². The summed E-state index contributed by atoms with van der Waals surface area (Å²) in [5, 5.41) is 9.01. The van der Waals surface area contributed by atoms with Crippen molar-refractivity contribution in [2.75, 3.05) is 25.4 Å². The molecule has 0 radical (unpaired) electrons. The van der Waals surface area contributed by atoms with Crippen LogP contribution < -0.4 is 0 Å². The number of halogens is 2. The van der Waals surface area contributed by atoms with E-state index in [4.69, 9.17) is 5.11 Å². The Labute approximate surface area is 114 Å². The van der Waals surface area contributed by atoms with Crippen molar-refractivity contribution in [2.24, 2.45) is 5.92 Å². The van der Waals surface area contributed by atoms with E-state index in [1.807, 2.05) is 0 Å². The van der Waals surface area contributed by atoms with Crippen LogP contribution in [0.25, 0.3) is 0 Å². The Morgan fingerprint density at radius 3 is 2.84 bits per heavy atom. The highest BCUT2D eigenvalue weighted by Gasteiger charge is 2.25. The van der Waals surface area contributed by atoms with Gasteiger partial charge in [0, 0.05) is 30.5 Å². The van der Waals surface area contributed by atoms with Crippen molar-refractivity contribution in [2.45, 2.75) is 11.3 Å². The maximum atomic E-state index is 13.0. The lowest BCUT2D eigenvalue weighted by atomic mass is 10.1. The Balaban J connectivity index is 1.85. The molecule has 1 fully saturated rings. The molecule has 1 aliphatic heterocycles. The number of amides is 1. The van der Waals surface area contributed by atoms with Crippen LogP contribution in [0.4, 0.5) is 8.78 Å². The number of aliphatic hydroxyl groups excluding tert-OH is 1. The quantitative estimate of drug-likeness (QED) is 0.860. The average Bonchev–Trinajstić information content (AvgIpc) is 2.88. The standard InChI is InChI=1S/C13H15F2NO2S/c14-11-2-1-10(5-12(11)15)19-8-13(18)16-4-3-9(6-16)7-17/h1-2,5,9,17H,3-4,6-8H2. The minimum Gasteiger partial charge on any atom is -0.396 e. The molecule has 1 N–H and O–H groups in total. The van der Waals surface area contributed by atoms with Gasteiger partial charge in [0.1, 0.15) is 0 Å². The maximum absolute atomic E-state index is 13.0. The number of carbonyl (C=O) groups is 1. The lowest BCUT2D eigenvalue weighted by Crippen LogP contribution is -2.30. The molecule has 1 aromatic carbocycles. The normalized spacial score (nSPS) is 18.9. The lowest BCUT2D eigenvalue weighted by molar-refractivity contribution is -0.127. The highest BCUT2D eigenvalue weighted by atomic mass is 32.2. The fraction of sp³-hybridized carbons (Fsp3) is 0.462. The van der Waals surface area contributed by atoms with Gasteiger partial charge in [-0.25, -0.2) is 8.78 Å². The molecule has 1 amide bonds. The molecule has 1 saturated heterocycles. The van der Waals surface area contributed by atoms with Gasteiger partial charge in [0.05, 0.1) is 5.75 Å². The SMILES string of the molecule is O=C(CSc1ccc(F)c(F)c1)N1CCC(CO)C1. The molecule has 0 aromatic heterocycles. The van der Waals surface area contributed by atoms with Gasteiger partial charge in [-0.15, -0.1) is 11.8 Å². The van der Waals surface area contributed by atoms with Crippen LogP contribution in [0.5, 0.6) is 0 Å². The van der Waals surface area contributed by atoms with Crippen LogP contribution in [0.3, 0.4) is 0 Å². The molecule has 2 rings (SSSR count). The molecule has 1 heterocycles. The minimum absolute atomic E-state index is 0.0364. The highest BCUT2D eigenvalue weighted by Crippen LogP contribution is 2.22. The number of hydrogen-bond acceptors (Lipinski definition) is 3. The van der Waals surface area contributed by atoms with E-state index in [1.54, 1.807) is 4.90 Å². The lowest BCUT2D eigenvalue weighted by Gasteiger charge is -2.15. The number of rotatable bonds is 4. The summed E-state index contributed by atoms with van der Waals surface area (Å²) in [5.74, 6) is -1.47. The Morgan fingerprint density at radius 1 is 1.42 bits per heavy atom. The molecule has 0 aliphatic carbocycles.